The van der Waals surface area contributed by atoms with Crippen LogP contribution in [0.3, 0.4) is 0 Å². The molecule has 0 unspecified atom stereocenters. The Balaban J connectivity index is 1.35. The first-order valence-corrected chi connectivity index (χ1v) is 14.0. The van der Waals surface area contributed by atoms with Crippen molar-refractivity contribution in [3.63, 3.8) is 0 Å². The van der Waals surface area contributed by atoms with Gasteiger partial charge in [-0.2, -0.15) is 0 Å². The molecule has 0 bridgehead atoms. The predicted molar refractivity (Wildman–Crippen MR) is 132 cm³/mol. The van der Waals surface area contributed by atoms with Crippen LogP contribution in [0.2, 0.25) is 0 Å². The molecule has 6 heteroatoms. The summed E-state index contributed by atoms with van der Waals surface area (Å²) >= 11 is 0. The Labute approximate surface area is 211 Å². The second-order valence-corrected chi connectivity index (χ2v) is 12.7. The Bertz CT molecular complexity index is 824. The molecule has 0 aromatic carbocycles. The summed E-state index contributed by atoms with van der Waals surface area (Å²) < 4.78 is 16.2. The highest BCUT2D eigenvalue weighted by Crippen LogP contribution is 2.68. The van der Waals surface area contributed by atoms with Crippen LogP contribution in [0.25, 0.3) is 0 Å². The Morgan fingerprint density at radius 1 is 0.857 bits per heavy atom. The highest BCUT2D eigenvalue weighted by molar-refractivity contribution is 5.79. The fourth-order valence-electron chi connectivity index (χ4n) is 8.99. The van der Waals surface area contributed by atoms with Crippen molar-refractivity contribution in [2.75, 3.05) is 19.8 Å². The van der Waals surface area contributed by atoms with Gasteiger partial charge >= 0.3 is 11.9 Å². The Morgan fingerprint density at radius 3 is 2.31 bits per heavy atom. The van der Waals surface area contributed by atoms with E-state index in [1.807, 2.05) is 6.92 Å². The van der Waals surface area contributed by atoms with Crippen LogP contribution in [0, 0.1) is 40.4 Å². The van der Waals surface area contributed by atoms with Crippen LogP contribution in [-0.4, -0.2) is 43.1 Å². The van der Waals surface area contributed by atoms with E-state index in [1.165, 1.54) is 32.1 Å². The number of fused-ring (bicyclic) bond motifs is 5. The molecule has 0 spiro atoms. The zero-order valence-electron chi connectivity index (χ0n) is 22.5. The minimum atomic E-state index is -0.498. The fraction of sp³-hybridized carbons (Fsp3) is 0.897. The topological polar surface area (TPSA) is 78.9 Å². The summed E-state index contributed by atoms with van der Waals surface area (Å²) in [6.45, 7) is 11.2. The summed E-state index contributed by atoms with van der Waals surface area (Å²) in [5, 5.41) is 0. The number of hydrogen-bond acceptors (Lipinski definition) is 6. The van der Waals surface area contributed by atoms with Crippen molar-refractivity contribution >= 4 is 17.7 Å². The van der Waals surface area contributed by atoms with Gasteiger partial charge in [-0.05, 0) is 113 Å². The minimum absolute atomic E-state index is 0.147. The van der Waals surface area contributed by atoms with E-state index in [1.54, 1.807) is 6.92 Å². The van der Waals surface area contributed by atoms with Gasteiger partial charge in [0.05, 0.1) is 13.0 Å². The van der Waals surface area contributed by atoms with Gasteiger partial charge in [-0.15, -0.1) is 0 Å². The first kappa shape index (κ1) is 26.6. The van der Waals surface area contributed by atoms with E-state index >= 15 is 0 Å². The van der Waals surface area contributed by atoms with Gasteiger partial charge in [-0.3, -0.25) is 9.59 Å². The summed E-state index contributed by atoms with van der Waals surface area (Å²) in [6, 6.07) is 0. The lowest BCUT2D eigenvalue weighted by Crippen LogP contribution is -2.56. The number of carbonyl (C=O) groups is 3. The molecule has 0 amide bonds. The Hall–Kier alpha value is -1.43. The molecule has 4 aliphatic carbocycles. The maximum Gasteiger partial charge on any atom is 0.344 e. The van der Waals surface area contributed by atoms with Gasteiger partial charge in [0.25, 0.3) is 0 Å². The van der Waals surface area contributed by atoms with Crippen LogP contribution >= 0.6 is 0 Å². The number of esters is 2. The zero-order chi connectivity index (χ0) is 25.4. The molecule has 4 aliphatic rings. The molecule has 0 saturated heterocycles. The number of rotatable bonds is 8. The molecule has 0 N–H and O–H groups in total. The van der Waals surface area contributed by atoms with Gasteiger partial charge in [0, 0.05) is 12.5 Å². The van der Waals surface area contributed by atoms with Crippen LogP contribution in [0.1, 0.15) is 98.8 Å². The van der Waals surface area contributed by atoms with Crippen LogP contribution < -0.4 is 0 Å². The molecule has 198 valence electrons. The van der Waals surface area contributed by atoms with Crippen LogP contribution in [0.5, 0.6) is 0 Å². The van der Waals surface area contributed by atoms with Gasteiger partial charge < -0.3 is 14.2 Å². The standard InChI is InChI=1S/C29H46O6/c1-6-33-16-12-25(31)34-18-26(32)35-27(3)14-15-28(4)20(17-27)7-8-21-23-10-9-22(19(2)30)29(23,5)13-11-24(21)28/h20-24H,6-18H2,1-5H3/t20-,21-,22+,23-,24-,27+,28-,29+/m0/s1. The SMILES string of the molecule is CCOCCC(=O)OCC(=O)O[C@]1(C)CC[C@@]2(C)[C@@H](CC[C@@H]3[C@@H]2CC[C@]2(C)[C@@H](C(C)=O)CC[C@@H]32)C1. The summed E-state index contributed by atoms with van der Waals surface area (Å²) in [5.74, 6) is 2.40. The van der Waals surface area contributed by atoms with Gasteiger partial charge in [0.15, 0.2) is 6.61 Å². The van der Waals surface area contributed by atoms with E-state index in [9.17, 15) is 14.4 Å². The second-order valence-electron chi connectivity index (χ2n) is 12.7. The van der Waals surface area contributed by atoms with Gasteiger partial charge in [0.1, 0.15) is 11.4 Å². The third kappa shape index (κ3) is 5.06. The monoisotopic (exact) mass is 490 g/mol. The molecule has 0 aliphatic heterocycles. The summed E-state index contributed by atoms with van der Waals surface area (Å²) in [7, 11) is 0. The van der Waals surface area contributed by atoms with Crippen molar-refractivity contribution in [1.82, 2.24) is 0 Å². The summed E-state index contributed by atoms with van der Waals surface area (Å²) in [5.41, 5.74) is -0.0344. The van der Waals surface area contributed by atoms with Crippen molar-refractivity contribution in [2.24, 2.45) is 40.4 Å². The number of ketones is 1. The molecular weight excluding hydrogens is 444 g/mol. The summed E-state index contributed by atoms with van der Waals surface area (Å²) in [4.78, 5) is 36.7. The Kier molecular flexibility index (Phi) is 7.72. The van der Waals surface area contributed by atoms with Gasteiger partial charge in [0.2, 0.25) is 0 Å². The zero-order valence-corrected chi connectivity index (χ0v) is 22.5. The van der Waals surface area contributed by atoms with Gasteiger partial charge in [-0.25, -0.2) is 4.79 Å². The van der Waals surface area contributed by atoms with E-state index in [0.29, 0.717) is 36.8 Å². The van der Waals surface area contributed by atoms with Crippen molar-refractivity contribution in [3.05, 3.63) is 0 Å². The van der Waals surface area contributed by atoms with E-state index in [4.69, 9.17) is 14.2 Å². The van der Waals surface area contributed by atoms with Crippen LogP contribution in [-0.2, 0) is 28.6 Å². The quantitative estimate of drug-likeness (QED) is 0.330. The maximum absolute atomic E-state index is 12.5. The first-order valence-electron chi connectivity index (χ1n) is 14.0. The Morgan fingerprint density at radius 2 is 1.60 bits per heavy atom. The molecule has 4 fully saturated rings. The molecule has 0 heterocycles. The molecular formula is C29H46O6. The molecule has 4 rings (SSSR count). The number of Topliss-reactive ketones (excluding diaryl/α,β-unsaturated/α-hetero) is 1. The lowest BCUT2D eigenvalue weighted by Gasteiger charge is -2.62. The van der Waals surface area contributed by atoms with E-state index in [0.717, 1.165) is 31.6 Å². The van der Waals surface area contributed by atoms with E-state index in [-0.39, 0.29) is 29.8 Å². The molecule has 4 saturated carbocycles. The number of carbonyl (C=O) groups excluding carboxylic acids is 3. The highest BCUT2D eigenvalue weighted by Gasteiger charge is 2.61. The van der Waals surface area contributed by atoms with Crippen molar-refractivity contribution in [3.8, 4) is 0 Å². The highest BCUT2D eigenvalue weighted by atomic mass is 16.6. The molecule has 35 heavy (non-hydrogen) atoms. The van der Waals surface area contributed by atoms with Crippen LogP contribution in [0.4, 0.5) is 0 Å². The third-order valence-electron chi connectivity index (χ3n) is 10.8. The molecule has 0 aromatic heterocycles. The average Bonchev–Trinajstić information content (AvgIpc) is 3.16. The minimum Gasteiger partial charge on any atom is -0.457 e. The lowest BCUT2D eigenvalue weighted by atomic mass is 9.44. The maximum atomic E-state index is 12.5. The third-order valence-corrected chi connectivity index (χ3v) is 10.8. The molecule has 0 radical (unpaired) electrons. The number of ether oxygens (including phenoxy) is 3. The lowest BCUT2D eigenvalue weighted by molar-refractivity contribution is -0.186. The van der Waals surface area contributed by atoms with Crippen molar-refractivity contribution in [2.45, 2.75) is 104 Å². The van der Waals surface area contributed by atoms with E-state index in [2.05, 4.69) is 20.8 Å². The van der Waals surface area contributed by atoms with Gasteiger partial charge in [-0.1, -0.05) is 13.8 Å². The fourth-order valence-corrected chi connectivity index (χ4v) is 8.99. The molecule has 8 atom stereocenters. The second kappa shape index (κ2) is 10.1. The van der Waals surface area contributed by atoms with E-state index < -0.39 is 17.5 Å². The number of hydrogen-bond donors (Lipinski definition) is 0. The average molecular weight is 491 g/mol. The van der Waals surface area contributed by atoms with Crippen molar-refractivity contribution in [1.29, 1.82) is 0 Å². The molecule has 0 aromatic rings. The normalized spacial score (nSPS) is 42.4. The predicted octanol–water partition coefficient (Wildman–Crippen LogP) is 5.51. The first-order chi connectivity index (χ1) is 16.5. The molecule has 6 nitrogen and oxygen atoms in total. The largest absolute Gasteiger partial charge is 0.457 e. The van der Waals surface area contributed by atoms with Crippen molar-refractivity contribution < 1.29 is 28.6 Å². The van der Waals surface area contributed by atoms with Crippen LogP contribution in [0.15, 0.2) is 0 Å². The summed E-state index contributed by atoms with van der Waals surface area (Å²) in [6.07, 6.45) is 10.0. The smallest absolute Gasteiger partial charge is 0.344 e.